The van der Waals surface area contributed by atoms with E-state index in [1.54, 1.807) is 30.3 Å². The highest BCUT2D eigenvalue weighted by Gasteiger charge is 2.04. The average Bonchev–Trinajstić information content (AvgIpc) is 2.47. The van der Waals surface area contributed by atoms with Crippen LogP contribution in [0.25, 0.3) is 0 Å². The molecular weight excluding hydrogens is 272 g/mol. The normalized spacial score (nSPS) is 9.90. The Morgan fingerprint density at radius 3 is 2.33 bits per heavy atom. The lowest BCUT2D eigenvalue weighted by Crippen LogP contribution is -2.20. The molecule has 0 radical (unpaired) electrons. The summed E-state index contributed by atoms with van der Waals surface area (Å²) in [6, 6.07) is 8.18. The van der Waals surface area contributed by atoms with Gasteiger partial charge >= 0.3 is 12.0 Å². The number of hydrogen-bond acceptors (Lipinski definition) is 4. The number of carbonyl (C=O) groups excluding carboxylic acids is 1. The summed E-state index contributed by atoms with van der Waals surface area (Å²) in [4.78, 5) is 29.9. The Labute approximate surface area is 121 Å². The molecular formula is C14H14N4O3. The number of anilines is 2. The SMILES string of the molecule is O=C(O)CCc1ccc(NC(=O)Nc2ncccn2)cc1. The van der Waals surface area contributed by atoms with E-state index in [0.717, 1.165) is 5.56 Å². The largest absolute Gasteiger partial charge is 0.481 e. The molecule has 0 unspecified atom stereocenters. The third-order valence-electron chi connectivity index (χ3n) is 2.63. The first kappa shape index (κ1) is 14.4. The minimum absolute atomic E-state index is 0.0820. The number of nitrogens with zero attached hydrogens (tertiary/aromatic N) is 2. The highest BCUT2D eigenvalue weighted by Crippen LogP contribution is 2.11. The maximum atomic E-state index is 11.7. The van der Waals surface area contributed by atoms with Crippen molar-refractivity contribution >= 4 is 23.6 Å². The van der Waals surface area contributed by atoms with Crippen LogP contribution in [0, 0.1) is 0 Å². The van der Waals surface area contributed by atoms with Crippen molar-refractivity contribution in [2.75, 3.05) is 10.6 Å². The Balaban J connectivity index is 1.88. The van der Waals surface area contributed by atoms with Gasteiger partial charge in [-0.15, -0.1) is 0 Å². The molecule has 0 fully saturated rings. The maximum absolute atomic E-state index is 11.7. The Morgan fingerprint density at radius 1 is 1.05 bits per heavy atom. The first-order valence-electron chi connectivity index (χ1n) is 6.29. The fourth-order valence-electron chi connectivity index (χ4n) is 1.63. The molecule has 2 amide bonds. The Hall–Kier alpha value is -2.96. The molecule has 2 aromatic rings. The van der Waals surface area contributed by atoms with E-state index in [0.29, 0.717) is 12.1 Å². The predicted molar refractivity (Wildman–Crippen MR) is 77.1 cm³/mol. The number of aliphatic carboxylic acids is 1. The lowest BCUT2D eigenvalue weighted by Gasteiger charge is -2.07. The molecule has 3 N–H and O–H groups in total. The van der Waals surface area contributed by atoms with Crippen LogP contribution in [-0.4, -0.2) is 27.1 Å². The zero-order chi connectivity index (χ0) is 15.1. The van der Waals surface area contributed by atoms with Gasteiger partial charge in [-0.2, -0.15) is 0 Å². The van der Waals surface area contributed by atoms with Gasteiger partial charge in [-0.3, -0.25) is 10.1 Å². The number of carboxylic acids is 1. The van der Waals surface area contributed by atoms with Crippen LogP contribution in [0.15, 0.2) is 42.7 Å². The summed E-state index contributed by atoms with van der Waals surface area (Å²) in [5.74, 6) is -0.618. The standard InChI is InChI=1S/C14H14N4O3/c19-12(20)7-4-10-2-5-11(6-3-10)17-14(21)18-13-15-8-1-9-16-13/h1-3,5-6,8-9H,4,7H2,(H,19,20)(H2,15,16,17,18,21). The quantitative estimate of drug-likeness (QED) is 0.781. The lowest BCUT2D eigenvalue weighted by molar-refractivity contribution is -0.136. The lowest BCUT2D eigenvalue weighted by atomic mass is 10.1. The molecule has 0 aliphatic rings. The number of aromatic nitrogens is 2. The Bertz CT molecular complexity index is 614. The number of nitrogens with one attached hydrogen (secondary N) is 2. The van der Waals surface area contributed by atoms with E-state index in [2.05, 4.69) is 20.6 Å². The molecule has 1 aromatic carbocycles. The Morgan fingerprint density at radius 2 is 1.71 bits per heavy atom. The van der Waals surface area contributed by atoms with Crippen LogP contribution in [0.1, 0.15) is 12.0 Å². The van der Waals surface area contributed by atoms with Crippen molar-refractivity contribution in [3.05, 3.63) is 48.3 Å². The summed E-state index contributed by atoms with van der Waals surface area (Å²) in [6.45, 7) is 0. The first-order valence-corrected chi connectivity index (χ1v) is 6.29. The van der Waals surface area contributed by atoms with Crippen molar-refractivity contribution in [2.45, 2.75) is 12.8 Å². The van der Waals surface area contributed by atoms with Gasteiger partial charge in [0.2, 0.25) is 5.95 Å². The third-order valence-corrected chi connectivity index (χ3v) is 2.63. The summed E-state index contributed by atoms with van der Waals surface area (Å²) >= 11 is 0. The van der Waals surface area contributed by atoms with Crippen molar-refractivity contribution in [1.29, 1.82) is 0 Å². The smallest absolute Gasteiger partial charge is 0.326 e. The highest BCUT2D eigenvalue weighted by molar-refractivity contribution is 5.98. The van der Waals surface area contributed by atoms with E-state index in [1.807, 2.05) is 0 Å². The van der Waals surface area contributed by atoms with Crippen LogP contribution in [0.3, 0.4) is 0 Å². The van der Waals surface area contributed by atoms with Crippen LogP contribution in [0.2, 0.25) is 0 Å². The highest BCUT2D eigenvalue weighted by atomic mass is 16.4. The van der Waals surface area contributed by atoms with Crippen molar-refractivity contribution < 1.29 is 14.7 Å². The van der Waals surface area contributed by atoms with Crippen LogP contribution in [0.4, 0.5) is 16.4 Å². The van der Waals surface area contributed by atoms with Gasteiger partial charge in [0.15, 0.2) is 0 Å². The van der Waals surface area contributed by atoms with Crippen molar-refractivity contribution in [3.63, 3.8) is 0 Å². The van der Waals surface area contributed by atoms with E-state index in [1.165, 1.54) is 12.4 Å². The minimum atomic E-state index is -0.834. The number of carbonyl (C=O) groups is 2. The van der Waals surface area contributed by atoms with Crippen LogP contribution >= 0.6 is 0 Å². The van der Waals surface area contributed by atoms with Gasteiger partial charge in [-0.1, -0.05) is 12.1 Å². The van der Waals surface area contributed by atoms with Crippen molar-refractivity contribution in [3.8, 4) is 0 Å². The second kappa shape index (κ2) is 6.99. The number of urea groups is 1. The number of benzene rings is 1. The van der Waals surface area contributed by atoms with E-state index < -0.39 is 12.0 Å². The molecule has 0 aliphatic heterocycles. The number of hydrogen-bond donors (Lipinski definition) is 3. The molecule has 0 saturated carbocycles. The summed E-state index contributed by atoms with van der Waals surface area (Å²) in [7, 11) is 0. The number of carboxylic acid groups (broad SMARTS) is 1. The fourth-order valence-corrected chi connectivity index (χ4v) is 1.63. The summed E-state index contributed by atoms with van der Waals surface area (Å²) in [5.41, 5.74) is 1.50. The van der Waals surface area contributed by atoms with Gasteiger partial charge in [0.25, 0.3) is 0 Å². The van der Waals surface area contributed by atoms with Gasteiger partial charge < -0.3 is 10.4 Å². The van der Waals surface area contributed by atoms with E-state index >= 15 is 0 Å². The van der Waals surface area contributed by atoms with E-state index in [9.17, 15) is 9.59 Å². The molecule has 7 heteroatoms. The molecule has 1 heterocycles. The molecule has 7 nitrogen and oxygen atoms in total. The maximum Gasteiger partial charge on any atom is 0.326 e. The zero-order valence-corrected chi connectivity index (χ0v) is 11.1. The molecule has 1 aromatic heterocycles. The monoisotopic (exact) mass is 286 g/mol. The predicted octanol–water partition coefficient (Wildman–Crippen LogP) is 2.14. The van der Waals surface area contributed by atoms with Crippen LogP contribution in [0.5, 0.6) is 0 Å². The summed E-state index contributed by atoms with van der Waals surface area (Å²) in [5, 5.41) is 13.7. The number of amides is 2. The summed E-state index contributed by atoms with van der Waals surface area (Å²) < 4.78 is 0. The second-order valence-electron chi connectivity index (χ2n) is 4.24. The zero-order valence-electron chi connectivity index (χ0n) is 11.1. The van der Waals surface area contributed by atoms with Gasteiger partial charge in [0.1, 0.15) is 0 Å². The molecule has 0 saturated heterocycles. The molecule has 2 rings (SSSR count). The first-order chi connectivity index (χ1) is 10.1. The number of rotatable bonds is 5. The van der Waals surface area contributed by atoms with E-state index in [4.69, 9.17) is 5.11 Å². The van der Waals surface area contributed by atoms with E-state index in [-0.39, 0.29) is 12.4 Å². The molecule has 0 aliphatic carbocycles. The number of aryl methyl sites for hydroxylation is 1. The van der Waals surface area contributed by atoms with Crippen LogP contribution < -0.4 is 10.6 Å². The fraction of sp³-hybridized carbons (Fsp3) is 0.143. The van der Waals surface area contributed by atoms with Crippen LogP contribution in [-0.2, 0) is 11.2 Å². The topological polar surface area (TPSA) is 104 Å². The van der Waals surface area contributed by atoms with Crippen molar-refractivity contribution in [1.82, 2.24) is 9.97 Å². The van der Waals surface area contributed by atoms with Gasteiger partial charge in [0.05, 0.1) is 0 Å². The van der Waals surface area contributed by atoms with Gasteiger partial charge in [-0.05, 0) is 30.2 Å². The molecule has 21 heavy (non-hydrogen) atoms. The third kappa shape index (κ3) is 4.90. The second-order valence-corrected chi connectivity index (χ2v) is 4.24. The van der Waals surface area contributed by atoms with Crippen molar-refractivity contribution in [2.24, 2.45) is 0 Å². The molecule has 0 bridgehead atoms. The molecule has 0 spiro atoms. The van der Waals surface area contributed by atoms with Gasteiger partial charge in [0, 0.05) is 24.5 Å². The summed E-state index contributed by atoms with van der Waals surface area (Å²) in [6.07, 6.45) is 3.60. The minimum Gasteiger partial charge on any atom is -0.481 e. The molecule has 108 valence electrons. The van der Waals surface area contributed by atoms with Gasteiger partial charge in [-0.25, -0.2) is 14.8 Å². The Kier molecular flexibility index (Phi) is 4.81. The average molecular weight is 286 g/mol. The molecule has 0 atom stereocenters.